The monoisotopic (exact) mass is 377 g/mol. The lowest BCUT2D eigenvalue weighted by atomic mass is 10.2. The number of nitrogens with zero attached hydrogens (tertiary/aromatic N) is 2. The van der Waals surface area contributed by atoms with E-state index in [9.17, 15) is 18.3 Å². The first-order chi connectivity index (χ1) is 11.8. The van der Waals surface area contributed by atoms with Gasteiger partial charge in [0, 0.05) is 5.39 Å². The number of hydrogen-bond acceptors (Lipinski definition) is 6. The van der Waals surface area contributed by atoms with Crippen molar-refractivity contribution in [3.05, 3.63) is 35.2 Å². The molecular weight excluding hydrogens is 366 g/mol. The van der Waals surface area contributed by atoms with Crippen LogP contribution in [-0.4, -0.2) is 45.0 Å². The highest BCUT2D eigenvalue weighted by Crippen LogP contribution is 2.37. The molecular formula is C15H11N3O5S2. The second-order valence-electron chi connectivity index (χ2n) is 5.53. The van der Waals surface area contributed by atoms with E-state index >= 15 is 0 Å². The van der Waals surface area contributed by atoms with Gasteiger partial charge in [-0.05, 0) is 30.3 Å². The van der Waals surface area contributed by atoms with Crippen molar-refractivity contribution in [3.63, 3.8) is 0 Å². The van der Waals surface area contributed by atoms with Crippen molar-refractivity contribution in [1.82, 2.24) is 14.2 Å². The topological polar surface area (TPSA) is 125 Å². The Morgan fingerprint density at radius 3 is 2.72 bits per heavy atom. The number of aromatic nitrogens is 3. The molecule has 3 heterocycles. The molecule has 3 aromatic heterocycles. The summed E-state index contributed by atoms with van der Waals surface area (Å²) in [6.45, 7) is 0. The van der Waals surface area contributed by atoms with E-state index in [1.54, 1.807) is 6.07 Å². The number of aromatic carboxylic acids is 1. The van der Waals surface area contributed by atoms with Gasteiger partial charge in [0.2, 0.25) is 10.0 Å². The lowest BCUT2D eigenvalue weighted by molar-refractivity contribution is 0.0702. The molecule has 0 spiro atoms. The van der Waals surface area contributed by atoms with Crippen molar-refractivity contribution in [3.8, 4) is 17.1 Å². The van der Waals surface area contributed by atoms with E-state index < -0.39 is 16.0 Å². The van der Waals surface area contributed by atoms with E-state index in [1.165, 1.54) is 24.3 Å². The summed E-state index contributed by atoms with van der Waals surface area (Å²) in [5.41, 5.74) is 1.56. The van der Waals surface area contributed by atoms with Crippen LogP contribution in [0.2, 0.25) is 0 Å². The quantitative estimate of drug-likeness (QED) is 0.504. The molecule has 0 radical (unpaired) electrons. The largest absolute Gasteiger partial charge is 0.508 e. The predicted molar refractivity (Wildman–Crippen MR) is 93.8 cm³/mol. The number of H-pyrrole nitrogens is 1. The number of aromatic amines is 1. The highest BCUT2D eigenvalue weighted by Gasteiger charge is 2.23. The van der Waals surface area contributed by atoms with Crippen LogP contribution in [0.3, 0.4) is 0 Å². The average Bonchev–Trinajstić information content (AvgIpc) is 3.15. The fraction of sp³-hybridized carbons (Fsp3) is 0.0667. The van der Waals surface area contributed by atoms with Crippen molar-refractivity contribution >= 4 is 48.4 Å². The Labute approximate surface area is 145 Å². The van der Waals surface area contributed by atoms with Crippen molar-refractivity contribution in [1.29, 1.82) is 0 Å². The molecule has 4 rings (SSSR count). The molecule has 0 atom stereocenters. The molecule has 0 aliphatic heterocycles. The summed E-state index contributed by atoms with van der Waals surface area (Å²) in [7, 11) is -3.66. The minimum atomic E-state index is -3.66. The van der Waals surface area contributed by atoms with Crippen LogP contribution in [0, 0.1) is 0 Å². The number of thiophene rings is 1. The Hall–Kier alpha value is -2.85. The van der Waals surface area contributed by atoms with Crippen molar-refractivity contribution in [2.45, 2.75) is 0 Å². The van der Waals surface area contributed by atoms with Gasteiger partial charge in [-0.25, -0.2) is 17.2 Å². The van der Waals surface area contributed by atoms with Crippen LogP contribution >= 0.6 is 11.3 Å². The minimum Gasteiger partial charge on any atom is -0.508 e. The third-order valence-electron chi connectivity index (χ3n) is 3.76. The highest BCUT2D eigenvalue weighted by atomic mass is 32.2. The van der Waals surface area contributed by atoms with Gasteiger partial charge in [-0.15, -0.1) is 11.3 Å². The summed E-state index contributed by atoms with van der Waals surface area (Å²) < 4.78 is 26.3. The number of aromatic hydroxyl groups is 1. The smallest absolute Gasteiger partial charge is 0.345 e. The molecule has 8 nitrogen and oxygen atoms in total. The maximum atomic E-state index is 12.3. The van der Waals surface area contributed by atoms with Gasteiger partial charge in [0.25, 0.3) is 0 Å². The number of fused-ring (bicyclic) bond motifs is 2. The highest BCUT2D eigenvalue weighted by molar-refractivity contribution is 7.89. The zero-order chi connectivity index (χ0) is 17.9. The van der Waals surface area contributed by atoms with Crippen LogP contribution in [-0.2, 0) is 10.0 Å². The Balaban J connectivity index is 2.09. The molecule has 128 valence electrons. The van der Waals surface area contributed by atoms with Crippen LogP contribution in [0.5, 0.6) is 5.75 Å². The summed E-state index contributed by atoms with van der Waals surface area (Å²) in [5, 5.41) is 26.2. The zero-order valence-electron chi connectivity index (χ0n) is 12.7. The maximum Gasteiger partial charge on any atom is 0.345 e. The maximum absolute atomic E-state index is 12.3. The van der Waals surface area contributed by atoms with Crippen molar-refractivity contribution in [2.24, 2.45) is 0 Å². The van der Waals surface area contributed by atoms with E-state index in [4.69, 9.17) is 5.11 Å². The van der Waals surface area contributed by atoms with Gasteiger partial charge in [0.15, 0.2) is 0 Å². The standard InChI is InChI=1S/C15H11N3O5S2/c1-25(22,23)18-10-3-2-8(19)4-7(10)5-11(18)13-14-9(16-17-13)6-12(24-14)15(20)21/h2-6,19H,1H3,(H,16,17)(H,20,21). The molecule has 0 fully saturated rings. The van der Waals surface area contributed by atoms with Gasteiger partial charge in [-0.2, -0.15) is 5.10 Å². The molecule has 0 saturated carbocycles. The minimum absolute atomic E-state index is 0.0150. The lowest BCUT2D eigenvalue weighted by Gasteiger charge is -2.06. The molecule has 4 aromatic rings. The zero-order valence-corrected chi connectivity index (χ0v) is 14.3. The summed E-state index contributed by atoms with van der Waals surface area (Å²) in [4.78, 5) is 11.3. The first-order valence-electron chi connectivity index (χ1n) is 7.02. The average molecular weight is 377 g/mol. The normalized spacial score (nSPS) is 12.2. The first kappa shape index (κ1) is 15.7. The molecule has 3 N–H and O–H groups in total. The van der Waals surface area contributed by atoms with E-state index in [0.29, 0.717) is 32.5 Å². The summed E-state index contributed by atoms with van der Waals surface area (Å²) in [5.74, 6) is -1.05. The van der Waals surface area contributed by atoms with Crippen LogP contribution in [0.15, 0.2) is 30.3 Å². The van der Waals surface area contributed by atoms with Gasteiger partial charge in [-0.3, -0.25) is 5.10 Å². The van der Waals surface area contributed by atoms with Crippen LogP contribution in [0.1, 0.15) is 9.67 Å². The fourth-order valence-electron chi connectivity index (χ4n) is 2.80. The number of benzene rings is 1. The number of carboxylic acids is 1. The van der Waals surface area contributed by atoms with Gasteiger partial charge in [0.05, 0.1) is 27.7 Å². The molecule has 1 aromatic carbocycles. The summed E-state index contributed by atoms with van der Waals surface area (Å²) in [6, 6.07) is 7.43. The molecule has 10 heteroatoms. The van der Waals surface area contributed by atoms with Gasteiger partial charge < -0.3 is 10.2 Å². The number of hydrogen-bond donors (Lipinski definition) is 3. The van der Waals surface area contributed by atoms with E-state index in [0.717, 1.165) is 21.6 Å². The Morgan fingerprint density at radius 1 is 1.28 bits per heavy atom. The number of carboxylic acid groups (broad SMARTS) is 1. The van der Waals surface area contributed by atoms with E-state index in [-0.39, 0.29) is 10.6 Å². The predicted octanol–water partition coefficient (Wildman–Crippen LogP) is 2.46. The summed E-state index contributed by atoms with van der Waals surface area (Å²) >= 11 is 1.02. The van der Waals surface area contributed by atoms with Crippen LogP contribution in [0.4, 0.5) is 0 Å². The number of phenols is 1. The first-order valence-corrected chi connectivity index (χ1v) is 9.69. The number of phenolic OH excluding ortho intramolecular Hbond substituents is 1. The Bertz CT molecular complexity index is 1260. The van der Waals surface area contributed by atoms with Gasteiger partial charge in [0.1, 0.15) is 16.3 Å². The van der Waals surface area contributed by atoms with E-state index in [2.05, 4.69) is 10.2 Å². The van der Waals surface area contributed by atoms with Crippen molar-refractivity contribution in [2.75, 3.05) is 6.26 Å². The second kappa shape index (κ2) is 5.07. The molecule has 0 bridgehead atoms. The molecule has 0 amide bonds. The fourth-order valence-corrected chi connectivity index (χ4v) is 4.76. The number of nitrogens with one attached hydrogen (secondary N) is 1. The molecule has 0 saturated heterocycles. The van der Waals surface area contributed by atoms with Crippen LogP contribution in [0.25, 0.3) is 32.5 Å². The SMILES string of the molecule is CS(=O)(=O)n1c(-c2n[nH]c3cc(C(=O)O)sc23)cc2cc(O)ccc21. The van der Waals surface area contributed by atoms with Gasteiger partial charge in [-0.1, -0.05) is 0 Å². The van der Waals surface area contributed by atoms with E-state index in [1.807, 2.05) is 0 Å². The second-order valence-corrected chi connectivity index (χ2v) is 8.41. The third-order valence-corrected chi connectivity index (χ3v) is 5.95. The number of carbonyl (C=O) groups is 1. The Morgan fingerprint density at radius 2 is 2.04 bits per heavy atom. The Kier molecular flexibility index (Phi) is 3.18. The molecule has 0 aliphatic carbocycles. The molecule has 0 unspecified atom stereocenters. The summed E-state index contributed by atoms with van der Waals surface area (Å²) in [6.07, 6.45) is 1.07. The molecule has 0 aliphatic rings. The third kappa shape index (κ3) is 2.37. The number of rotatable bonds is 3. The molecule has 25 heavy (non-hydrogen) atoms. The lowest BCUT2D eigenvalue weighted by Crippen LogP contribution is -2.11. The van der Waals surface area contributed by atoms with Crippen molar-refractivity contribution < 1.29 is 23.4 Å². The van der Waals surface area contributed by atoms with Crippen LogP contribution < -0.4 is 0 Å². The van der Waals surface area contributed by atoms with Gasteiger partial charge >= 0.3 is 5.97 Å².